The van der Waals surface area contributed by atoms with Gasteiger partial charge in [0.2, 0.25) is 5.91 Å². The van der Waals surface area contributed by atoms with Gasteiger partial charge in [-0.25, -0.2) is 0 Å². The van der Waals surface area contributed by atoms with Gasteiger partial charge in [0.05, 0.1) is 0 Å². The summed E-state index contributed by atoms with van der Waals surface area (Å²) in [5, 5.41) is 6.48. The van der Waals surface area contributed by atoms with Crippen molar-refractivity contribution >= 4 is 30.1 Å². The van der Waals surface area contributed by atoms with Crippen molar-refractivity contribution in [3.05, 3.63) is 0 Å². The third-order valence-electron chi connectivity index (χ3n) is 3.28. The maximum Gasteiger partial charge on any atom is 0.223 e. The van der Waals surface area contributed by atoms with E-state index in [4.69, 9.17) is 0 Å². The van der Waals surface area contributed by atoms with E-state index in [1.165, 1.54) is 12.8 Å². The average Bonchev–Trinajstić information content (AvgIpc) is 2.80. The van der Waals surface area contributed by atoms with Crippen molar-refractivity contribution in [3.8, 4) is 0 Å². The molecule has 0 aromatic heterocycles. The highest BCUT2D eigenvalue weighted by Crippen LogP contribution is 2.22. The first-order valence-corrected chi connectivity index (χ1v) is 7.10. The first kappa shape index (κ1) is 14.1. The van der Waals surface area contributed by atoms with Crippen LogP contribution in [0, 0.1) is 5.92 Å². The van der Waals surface area contributed by atoms with Crippen LogP contribution < -0.4 is 10.6 Å². The van der Waals surface area contributed by atoms with Crippen LogP contribution >= 0.6 is 24.2 Å². The molecule has 1 unspecified atom stereocenters. The monoisotopic (exact) mass is 264 g/mol. The van der Waals surface area contributed by atoms with Crippen molar-refractivity contribution < 1.29 is 4.79 Å². The fourth-order valence-corrected chi connectivity index (χ4v) is 3.37. The number of hydrogen-bond acceptors (Lipinski definition) is 3. The number of carbonyl (C=O) groups is 1. The molecule has 2 rings (SSSR count). The van der Waals surface area contributed by atoms with Crippen LogP contribution in [0.15, 0.2) is 0 Å². The van der Waals surface area contributed by atoms with Crippen molar-refractivity contribution in [3.63, 3.8) is 0 Å². The molecule has 0 saturated carbocycles. The molecule has 0 aliphatic carbocycles. The molecule has 2 N–H and O–H groups in total. The maximum atomic E-state index is 11.8. The van der Waals surface area contributed by atoms with Crippen LogP contribution in [0.3, 0.4) is 0 Å². The van der Waals surface area contributed by atoms with Gasteiger partial charge in [0, 0.05) is 18.5 Å². The average molecular weight is 265 g/mol. The molecule has 16 heavy (non-hydrogen) atoms. The highest BCUT2D eigenvalue weighted by atomic mass is 35.5. The second-order valence-electron chi connectivity index (χ2n) is 4.43. The molecule has 1 amide bonds. The number of amides is 1. The van der Waals surface area contributed by atoms with Gasteiger partial charge in [0.1, 0.15) is 0 Å². The summed E-state index contributed by atoms with van der Waals surface area (Å²) in [4.78, 5) is 11.8. The molecule has 0 radical (unpaired) electrons. The van der Waals surface area contributed by atoms with Crippen molar-refractivity contribution in [2.75, 3.05) is 24.6 Å². The zero-order valence-corrected chi connectivity index (χ0v) is 11.2. The molecule has 0 aromatic carbocycles. The summed E-state index contributed by atoms with van der Waals surface area (Å²) in [6, 6.07) is 0.520. The molecule has 2 saturated heterocycles. The van der Waals surface area contributed by atoms with Crippen molar-refractivity contribution in [2.24, 2.45) is 5.92 Å². The van der Waals surface area contributed by atoms with Crippen LogP contribution in [-0.4, -0.2) is 36.5 Å². The minimum atomic E-state index is 0. The molecule has 0 aromatic rings. The molecule has 94 valence electrons. The van der Waals surface area contributed by atoms with Crippen molar-refractivity contribution in [2.45, 2.75) is 31.7 Å². The van der Waals surface area contributed by atoms with Crippen LogP contribution in [0.5, 0.6) is 0 Å². The largest absolute Gasteiger partial charge is 0.354 e. The van der Waals surface area contributed by atoms with E-state index in [9.17, 15) is 4.79 Å². The van der Waals surface area contributed by atoms with E-state index in [2.05, 4.69) is 10.6 Å². The number of hydrogen-bond donors (Lipinski definition) is 2. The van der Waals surface area contributed by atoms with Gasteiger partial charge in [-0.2, -0.15) is 11.8 Å². The Morgan fingerprint density at radius 1 is 1.31 bits per heavy atom. The SMILES string of the molecule is Cl.O=C(NCC1CCCN1)C1CCSCC1. The smallest absolute Gasteiger partial charge is 0.223 e. The van der Waals surface area contributed by atoms with E-state index in [0.717, 1.165) is 37.4 Å². The van der Waals surface area contributed by atoms with Crippen LogP contribution in [0.4, 0.5) is 0 Å². The topological polar surface area (TPSA) is 41.1 Å². The van der Waals surface area contributed by atoms with Crippen LogP contribution in [0.2, 0.25) is 0 Å². The molecule has 2 heterocycles. The summed E-state index contributed by atoms with van der Waals surface area (Å²) in [6.07, 6.45) is 4.59. The Morgan fingerprint density at radius 2 is 2.06 bits per heavy atom. The lowest BCUT2D eigenvalue weighted by Gasteiger charge is -2.21. The van der Waals surface area contributed by atoms with Crippen molar-refractivity contribution in [1.29, 1.82) is 0 Å². The lowest BCUT2D eigenvalue weighted by molar-refractivity contribution is -0.125. The molecule has 0 spiro atoms. The number of carbonyl (C=O) groups excluding carboxylic acids is 1. The highest BCUT2D eigenvalue weighted by Gasteiger charge is 2.22. The van der Waals surface area contributed by atoms with Gasteiger partial charge >= 0.3 is 0 Å². The van der Waals surface area contributed by atoms with E-state index in [1.54, 1.807) is 0 Å². The Bertz CT molecular complexity index is 216. The summed E-state index contributed by atoms with van der Waals surface area (Å²) < 4.78 is 0. The van der Waals surface area contributed by atoms with Crippen LogP contribution in [0.1, 0.15) is 25.7 Å². The van der Waals surface area contributed by atoms with E-state index in [1.807, 2.05) is 11.8 Å². The normalized spacial score (nSPS) is 26.1. The Labute approximate surface area is 108 Å². The van der Waals surface area contributed by atoms with Gasteiger partial charge < -0.3 is 10.6 Å². The quantitative estimate of drug-likeness (QED) is 0.810. The van der Waals surface area contributed by atoms with E-state index < -0.39 is 0 Å². The van der Waals surface area contributed by atoms with E-state index >= 15 is 0 Å². The zero-order chi connectivity index (χ0) is 10.5. The third kappa shape index (κ3) is 4.15. The lowest BCUT2D eigenvalue weighted by atomic mass is 10.0. The molecule has 2 aliphatic heterocycles. The summed E-state index contributed by atoms with van der Waals surface area (Å²) in [6.45, 7) is 1.93. The van der Waals surface area contributed by atoms with Crippen molar-refractivity contribution in [1.82, 2.24) is 10.6 Å². The van der Waals surface area contributed by atoms with Crippen LogP contribution in [0.25, 0.3) is 0 Å². The standard InChI is InChI=1S/C11H20N2OS.ClH/c14-11(9-3-6-15-7-4-9)13-8-10-2-1-5-12-10;/h9-10,12H,1-8H2,(H,13,14);1H. The molecule has 3 nitrogen and oxygen atoms in total. The summed E-state index contributed by atoms with van der Waals surface area (Å²) in [5.41, 5.74) is 0. The molecule has 0 bridgehead atoms. The summed E-state index contributed by atoms with van der Waals surface area (Å²) in [7, 11) is 0. The van der Waals surface area contributed by atoms with Crippen LogP contribution in [-0.2, 0) is 4.79 Å². The predicted molar refractivity (Wildman–Crippen MR) is 71.3 cm³/mol. The number of rotatable bonds is 3. The molecule has 2 aliphatic rings. The fourth-order valence-electron chi connectivity index (χ4n) is 2.26. The zero-order valence-electron chi connectivity index (χ0n) is 9.54. The third-order valence-corrected chi connectivity index (χ3v) is 4.33. The number of halogens is 1. The van der Waals surface area contributed by atoms with Gasteiger partial charge in [-0.15, -0.1) is 12.4 Å². The second-order valence-corrected chi connectivity index (χ2v) is 5.65. The lowest BCUT2D eigenvalue weighted by Crippen LogP contribution is -2.40. The molecule has 1 atom stereocenters. The summed E-state index contributed by atoms with van der Waals surface area (Å²) >= 11 is 1.97. The second kappa shape index (κ2) is 7.41. The van der Waals surface area contributed by atoms with Gasteiger partial charge in [-0.05, 0) is 43.7 Å². The number of thioether (sulfide) groups is 1. The Morgan fingerprint density at radius 3 is 2.69 bits per heavy atom. The first-order valence-electron chi connectivity index (χ1n) is 5.95. The van der Waals surface area contributed by atoms with Gasteiger partial charge in [0.25, 0.3) is 0 Å². The maximum absolute atomic E-state index is 11.8. The Hall–Kier alpha value is 0.0700. The Kier molecular flexibility index (Phi) is 6.54. The van der Waals surface area contributed by atoms with Gasteiger partial charge in [-0.3, -0.25) is 4.79 Å². The first-order chi connectivity index (χ1) is 7.36. The van der Waals surface area contributed by atoms with E-state index in [0.29, 0.717) is 6.04 Å². The van der Waals surface area contributed by atoms with Gasteiger partial charge in [-0.1, -0.05) is 0 Å². The number of nitrogens with one attached hydrogen (secondary N) is 2. The van der Waals surface area contributed by atoms with E-state index in [-0.39, 0.29) is 24.2 Å². The highest BCUT2D eigenvalue weighted by molar-refractivity contribution is 7.99. The minimum absolute atomic E-state index is 0. The van der Waals surface area contributed by atoms with Gasteiger partial charge in [0.15, 0.2) is 0 Å². The molecular formula is C11H21ClN2OS. The molecular weight excluding hydrogens is 244 g/mol. The minimum Gasteiger partial charge on any atom is -0.354 e. The predicted octanol–water partition coefficient (Wildman–Crippen LogP) is 1.42. The Balaban J connectivity index is 0.00000128. The summed E-state index contributed by atoms with van der Waals surface area (Å²) in [5.74, 6) is 2.87. The fraction of sp³-hybridized carbons (Fsp3) is 0.909. The molecule has 2 fully saturated rings. The molecule has 5 heteroatoms.